The van der Waals surface area contributed by atoms with Crippen LogP contribution >= 0.6 is 11.3 Å². The van der Waals surface area contributed by atoms with Crippen LogP contribution in [0.15, 0.2) is 66.9 Å². The molecule has 0 aliphatic carbocycles. The van der Waals surface area contributed by atoms with Gasteiger partial charge in [0, 0.05) is 22.4 Å². The van der Waals surface area contributed by atoms with Crippen LogP contribution < -0.4 is 4.74 Å². The second-order valence-electron chi connectivity index (χ2n) is 6.20. The van der Waals surface area contributed by atoms with Crippen LogP contribution in [0.2, 0.25) is 0 Å². The molecule has 2 aromatic carbocycles. The number of aliphatic carboxylic acids is 1. The Morgan fingerprint density at radius 1 is 1.07 bits per heavy atom. The average molecular weight is 405 g/mol. The molecule has 0 amide bonds. The van der Waals surface area contributed by atoms with Crippen LogP contribution in [0.1, 0.15) is 20.9 Å². The molecule has 0 radical (unpaired) electrons. The first-order valence-corrected chi connectivity index (χ1v) is 9.45. The molecule has 0 unspecified atom stereocenters. The van der Waals surface area contributed by atoms with Crippen molar-refractivity contribution in [3.63, 3.8) is 0 Å². The molecular formula is C22H15NO5S. The fraction of sp³-hybridized carbons (Fsp3) is 0. The van der Waals surface area contributed by atoms with Crippen LogP contribution in [-0.2, 0) is 4.79 Å². The molecule has 0 bridgehead atoms. The first kappa shape index (κ1) is 18.5. The second-order valence-corrected chi connectivity index (χ2v) is 7.25. The highest BCUT2D eigenvalue weighted by Gasteiger charge is 2.22. The standard InChI is InChI=1S/C22H15NO5S/c24-14-6-9-16-18(12-14)29-22(20(27)17-2-1-11-23-17)21(16)28-15-7-3-13(4-8-15)5-10-19(25)26/h1-12,23-24H,(H,25,26)/b10-5+. The quantitative estimate of drug-likeness (QED) is 0.308. The number of phenols is 1. The van der Waals surface area contributed by atoms with E-state index in [0.29, 0.717) is 27.6 Å². The summed E-state index contributed by atoms with van der Waals surface area (Å²) in [5.41, 5.74) is 1.15. The van der Waals surface area contributed by atoms with Crippen molar-refractivity contribution in [3.8, 4) is 17.2 Å². The number of aromatic hydroxyl groups is 1. The van der Waals surface area contributed by atoms with Crippen LogP contribution in [-0.4, -0.2) is 26.9 Å². The molecule has 6 nitrogen and oxygen atoms in total. The van der Waals surface area contributed by atoms with Crippen LogP contribution in [0, 0.1) is 0 Å². The van der Waals surface area contributed by atoms with E-state index in [1.54, 1.807) is 60.8 Å². The number of thiophene rings is 1. The minimum absolute atomic E-state index is 0.110. The van der Waals surface area contributed by atoms with E-state index < -0.39 is 5.97 Å². The number of rotatable bonds is 6. The highest BCUT2D eigenvalue weighted by molar-refractivity contribution is 7.21. The number of benzene rings is 2. The van der Waals surface area contributed by atoms with Crippen molar-refractivity contribution in [3.05, 3.63) is 83.0 Å². The zero-order chi connectivity index (χ0) is 20.4. The van der Waals surface area contributed by atoms with E-state index >= 15 is 0 Å². The Hall–Kier alpha value is -3.84. The van der Waals surface area contributed by atoms with Gasteiger partial charge in [-0.2, -0.15) is 0 Å². The summed E-state index contributed by atoms with van der Waals surface area (Å²) in [5.74, 6) is -0.194. The molecule has 0 atom stereocenters. The Labute approximate surface area is 169 Å². The van der Waals surface area contributed by atoms with Crippen LogP contribution in [0.3, 0.4) is 0 Å². The third-order valence-electron chi connectivity index (χ3n) is 4.20. The fourth-order valence-corrected chi connectivity index (χ4v) is 3.96. The summed E-state index contributed by atoms with van der Waals surface area (Å²) in [7, 11) is 0. The van der Waals surface area contributed by atoms with E-state index in [9.17, 15) is 14.7 Å². The number of nitrogens with one attached hydrogen (secondary N) is 1. The van der Waals surface area contributed by atoms with E-state index in [4.69, 9.17) is 9.84 Å². The predicted octanol–water partition coefficient (Wildman–Crippen LogP) is 5.06. The van der Waals surface area contributed by atoms with Gasteiger partial charge >= 0.3 is 5.97 Å². The van der Waals surface area contributed by atoms with Crippen molar-refractivity contribution in [1.82, 2.24) is 4.98 Å². The van der Waals surface area contributed by atoms with Crippen LogP contribution in [0.25, 0.3) is 16.2 Å². The van der Waals surface area contributed by atoms with Gasteiger partial charge < -0.3 is 19.9 Å². The van der Waals surface area contributed by atoms with E-state index in [0.717, 1.165) is 16.2 Å². The van der Waals surface area contributed by atoms with Crippen molar-refractivity contribution in [2.24, 2.45) is 0 Å². The van der Waals surface area contributed by atoms with Crippen molar-refractivity contribution in [1.29, 1.82) is 0 Å². The minimum atomic E-state index is -1.02. The Morgan fingerprint density at radius 2 is 1.86 bits per heavy atom. The third-order valence-corrected chi connectivity index (χ3v) is 5.33. The molecule has 4 aromatic rings. The van der Waals surface area contributed by atoms with Crippen LogP contribution in [0.4, 0.5) is 0 Å². The molecule has 0 aliphatic heterocycles. The lowest BCUT2D eigenvalue weighted by Gasteiger charge is -2.08. The summed E-state index contributed by atoms with van der Waals surface area (Å²) in [4.78, 5) is 26.9. The number of ketones is 1. The van der Waals surface area contributed by atoms with Gasteiger partial charge in [-0.15, -0.1) is 11.3 Å². The molecule has 0 spiro atoms. The van der Waals surface area contributed by atoms with Crippen molar-refractivity contribution < 1.29 is 24.5 Å². The molecule has 2 heterocycles. The van der Waals surface area contributed by atoms with Gasteiger partial charge in [0.05, 0.1) is 5.69 Å². The number of phenolic OH excluding ortho intramolecular Hbond substituents is 1. The third kappa shape index (κ3) is 3.90. The van der Waals surface area contributed by atoms with E-state index in [-0.39, 0.29) is 11.5 Å². The minimum Gasteiger partial charge on any atom is -0.508 e. The molecule has 7 heteroatoms. The van der Waals surface area contributed by atoms with Crippen molar-refractivity contribution >= 4 is 39.3 Å². The topological polar surface area (TPSA) is 99.6 Å². The lowest BCUT2D eigenvalue weighted by Crippen LogP contribution is -2.01. The molecule has 0 fully saturated rings. The molecule has 144 valence electrons. The number of aromatic amines is 1. The summed E-state index contributed by atoms with van der Waals surface area (Å²) < 4.78 is 6.79. The van der Waals surface area contributed by atoms with Gasteiger partial charge in [-0.05, 0) is 54.1 Å². The zero-order valence-electron chi connectivity index (χ0n) is 15.0. The largest absolute Gasteiger partial charge is 0.508 e. The van der Waals surface area contributed by atoms with E-state index in [1.807, 2.05) is 0 Å². The number of aromatic nitrogens is 1. The molecule has 3 N–H and O–H groups in total. The maximum absolute atomic E-state index is 12.9. The first-order valence-electron chi connectivity index (χ1n) is 8.64. The summed E-state index contributed by atoms with van der Waals surface area (Å²) in [6.07, 6.45) is 4.22. The lowest BCUT2D eigenvalue weighted by atomic mass is 10.1. The molecule has 29 heavy (non-hydrogen) atoms. The maximum Gasteiger partial charge on any atom is 0.328 e. The number of ether oxygens (including phenoxy) is 1. The number of carboxylic acid groups (broad SMARTS) is 1. The second kappa shape index (κ2) is 7.65. The summed E-state index contributed by atoms with van der Waals surface area (Å²) in [6, 6.07) is 15.1. The molecule has 4 rings (SSSR count). The Balaban J connectivity index is 1.73. The van der Waals surface area contributed by atoms with Gasteiger partial charge in [-0.3, -0.25) is 4.79 Å². The molecule has 0 saturated carbocycles. The molecular weight excluding hydrogens is 390 g/mol. The van der Waals surface area contributed by atoms with Gasteiger partial charge in [0.1, 0.15) is 16.4 Å². The van der Waals surface area contributed by atoms with E-state index in [1.165, 1.54) is 17.4 Å². The molecule has 0 aliphatic rings. The van der Waals surface area contributed by atoms with Crippen molar-refractivity contribution in [2.75, 3.05) is 0 Å². The summed E-state index contributed by atoms with van der Waals surface area (Å²) in [5, 5.41) is 19.2. The molecule has 0 saturated heterocycles. The number of fused-ring (bicyclic) bond motifs is 1. The van der Waals surface area contributed by atoms with Crippen molar-refractivity contribution in [2.45, 2.75) is 0 Å². The zero-order valence-corrected chi connectivity index (χ0v) is 15.8. The number of carbonyl (C=O) groups excluding carboxylic acids is 1. The smallest absolute Gasteiger partial charge is 0.328 e. The Bertz CT molecular complexity index is 1220. The van der Waals surface area contributed by atoms with Crippen LogP contribution in [0.5, 0.6) is 17.2 Å². The number of hydrogen-bond donors (Lipinski definition) is 3. The summed E-state index contributed by atoms with van der Waals surface area (Å²) in [6.45, 7) is 0. The van der Waals surface area contributed by atoms with Gasteiger partial charge in [0.15, 0.2) is 5.75 Å². The van der Waals surface area contributed by atoms with Gasteiger partial charge in [0.2, 0.25) is 5.78 Å². The highest BCUT2D eigenvalue weighted by Crippen LogP contribution is 2.42. The summed E-state index contributed by atoms with van der Waals surface area (Å²) >= 11 is 1.25. The lowest BCUT2D eigenvalue weighted by molar-refractivity contribution is -0.131. The van der Waals surface area contributed by atoms with Gasteiger partial charge in [-0.1, -0.05) is 12.1 Å². The Kier molecular flexibility index (Phi) is 4.88. The van der Waals surface area contributed by atoms with Gasteiger partial charge in [-0.25, -0.2) is 4.79 Å². The SMILES string of the molecule is O=C(O)/C=C/c1ccc(Oc2c(C(=O)c3ccc[nH]3)sc3cc(O)ccc23)cc1. The number of carbonyl (C=O) groups is 2. The predicted molar refractivity (Wildman–Crippen MR) is 111 cm³/mol. The Morgan fingerprint density at radius 3 is 2.55 bits per heavy atom. The normalized spacial score (nSPS) is 11.2. The average Bonchev–Trinajstić information content (AvgIpc) is 3.35. The monoisotopic (exact) mass is 405 g/mol. The number of H-pyrrole nitrogens is 1. The number of hydrogen-bond acceptors (Lipinski definition) is 5. The highest BCUT2D eigenvalue weighted by atomic mass is 32.1. The maximum atomic E-state index is 12.9. The fourth-order valence-electron chi connectivity index (χ4n) is 2.84. The molecule has 2 aromatic heterocycles. The first-order chi connectivity index (χ1) is 14.0. The van der Waals surface area contributed by atoms with E-state index in [2.05, 4.69) is 4.98 Å². The number of carboxylic acids is 1. The van der Waals surface area contributed by atoms with Gasteiger partial charge in [0.25, 0.3) is 0 Å².